The molecule has 0 aromatic carbocycles. The molecule has 0 spiro atoms. The molecule has 4 unspecified atom stereocenters. The predicted octanol–water partition coefficient (Wildman–Crippen LogP) is 15.9. The second-order valence-corrected chi connectivity index (χ2v) is 21.3. The lowest BCUT2D eigenvalue weighted by Crippen LogP contribution is -2.42. The minimum Gasteiger partial charge on any atom is -0.379 e. The maximum atomic E-state index is 6.69. The molecule has 60 heavy (non-hydrogen) atoms. The van der Waals surface area contributed by atoms with E-state index >= 15 is 0 Å². The molecular weight excluding hydrogens is 735 g/mol. The first-order valence-corrected chi connectivity index (χ1v) is 26.8. The van der Waals surface area contributed by atoms with Crippen molar-refractivity contribution in [3.8, 4) is 0 Å². The number of likely N-dealkylation sites (tertiary alicyclic amines) is 1. The molecule has 8 atom stereocenters. The van der Waals surface area contributed by atoms with Crippen LogP contribution < -0.4 is 0 Å². The topological polar surface area (TPSA) is 30.9 Å². The summed E-state index contributed by atoms with van der Waals surface area (Å²) in [6.07, 6.45) is 49.3. The van der Waals surface area contributed by atoms with Crippen LogP contribution in [0.2, 0.25) is 0 Å². The monoisotopic (exact) mass is 836 g/mol. The number of ether oxygens (including phenoxy) is 3. The largest absolute Gasteiger partial charge is 0.379 e. The van der Waals surface area contributed by atoms with Crippen molar-refractivity contribution >= 4 is 0 Å². The first kappa shape index (κ1) is 51.7. The third-order valence-electron chi connectivity index (χ3n) is 15.9. The van der Waals surface area contributed by atoms with E-state index in [2.05, 4.69) is 76.8 Å². The van der Waals surface area contributed by atoms with Crippen LogP contribution in [0.4, 0.5) is 0 Å². The first-order chi connectivity index (χ1) is 29.3. The Morgan fingerprint density at radius 3 is 2.28 bits per heavy atom. The molecule has 348 valence electrons. The molecule has 4 rings (SSSR count). The van der Waals surface area contributed by atoms with Gasteiger partial charge >= 0.3 is 0 Å². The van der Waals surface area contributed by atoms with Crippen LogP contribution in [0.15, 0.2) is 36.0 Å². The molecule has 1 saturated heterocycles. The molecule has 4 heteroatoms. The lowest BCUT2D eigenvalue weighted by molar-refractivity contribution is -0.0386. The predicted molar refractivity (Wildman–Crippen MR) is 260 cm³/mol. The number of hydrogen-bond donors (Lipinski definition) is 0. The number of piperidine rings is 1. The lowest BCUT2D eigenvalue weighted by atomic mass is 9.55. The lowest BCUT2D eigenvalue weighted by Gasteiger charge is -2.50. The van der Waals surface area contributed by atoms with Crippen LogP contribution in [0.5, 0.6) is 0 Å². The Morgan fingerprint density at radius 1 is 0.750 bits per heavy atom. The maximum Gasteiger partial charge on any atom is 0.0934 e. The minimum atomic E-state index is 0.180. The SMILES string of the molecule is CCCCC/C=C\C/C=C\CCCCCCOC[C@H](CN1CCCCC1)OCCCCOC1CCCC2CC[C@@]3(C)C(CC[C@@H]3[C@H](C)CCCC(C)C)C2CC/C=C(\C)C1. The highest BCUT2D eigenvalue weighted by Gasteiger charge is 2.54. The van der Waals surface area contributed by atoms with Crippen LogP contribution in [-0.4, -0.2) is 63.2 Å². The van der Waals surface area contributed by atoms with E-state index in [1.807, 2.05) is 0 Å². The van der Waals surface area contributed by atoms with Crippen LogP contribution in [0.3, 0.4) is 0 Å². The van der Waals surface area contributed by atoms with Crippen molar-refractivity contribution in [2.45, 2.75) is 234 Å². The molecule has 4 aliphatic rings. The number of allylic oxidation sites excluding steroid dienone is 5. The van der Waals surface area contributed by atoms with E-state index in [1.54, 1.807) is 5.57 Å². The fourth-order valence-electron chi connectivity index (χ4n) is 12.3. The highest BCUT2D eigenvalue weighted by atomic mass is 16.5. The van der Waals surface area contributed by atoms with Crippen LogP contribution in [-0.2, 0) is 14.2 Å². The van der Waals surface area contributed by atoms with Crippen LogP contribution in [0.1, 0.15) is 221 Å². The molecule has 1 heterocycles. The van der Waals surface area contributed by atoms with Gasteiger partial charge in [0, 0.05) is 26.4 Å². The summed E-state index contributed by atoms with van der Waals surface area (Å²) in [5.41, 5.74) is 2.14. The molecule has 3 fully saturated rings. The molecule has 4 nitrogen and oxygen atoms in total. The second kappa shape index (κ2) is 31.0. The van der Waals surface area contributed by atoms with Gasteiger partial charge in [-0.1, -0.05) is 135 Å². The van der Waals surface area contributed by atoms with Crippen molar-refractivity contribution in [3.63, 3.8) is 0 Å². The normalized spacial score (nSPS) is 29.1. The van der Waals surface area contributed by atoms with Crippen LogP contribution in [0, 0.1) is 40.9 Å². The number of unbranched alkanes of at least 4 members (excludes halogenated alkanes) is 8. The zero-order valence-electron chi connectivity index (χ0n) is 40.9. The van der Waals surface area contributed by atoms with Crippen molar-refractivity contribution in [1.82, 2.24) is 4.90 Å². The van der Waals surface area contributed by atoms with Gasteiger partial charge in [0.15, 0.2) is 0 Å². The van der Waals surface area contributed by atoms with Gasteiger partial charge in [-0.25, -0.2) is 0 Å². The molecule has 2 saturated carbocycles. The average molecular weight is 836 g/mol. The number of hydrogen-bond acceptors (Lipinski definition) is 4. The van der Waals surface area contributed by atoms with E-state index in [9.17, 15) is 0 Å². The summed E-state index contributed by atoms with van der Waals surface area (Å²) in [7, 11) is 0. The van der Waals surface area contributed by atoms with Crippen LogP contribution >= 0.6 is 0 Å². The van der Waals surface area contributed by atoms with E-state index in [0.717, 1.165) is 101 Å². The summed E-state index contributed by atoms with van der Waals surface area (Å²) < 4.78 is 19.5. The highest BCUT2D eigenvalue weighted by molar-refractivity contribution is 5.06. The fourth-order valence-corrected chi connectivity index (χ4v) is 12.3. The fraction of sp³-hybridized carbons (Fsp3) is 0.893. The van der Waals surface area contributed by atoms with Gasteiger partial charge in [-0.05, 0) is 177 Å². The Labute approximate surface area is 374 Å². The van der Waals surface area contributed by atoms with Crippen molar-refractivity contribution in [2.75, 3.05) is 46.1 Å². The third-order valence-corrected chi connectivity index (χ3v) is 15.9. The molecule has 0 bridgehead atoms. The average Bonchev–Trinajstić information content (AvgIpc) is 3.58. The Bertz CT molecular complexity index is 1160. The third kappa shape index (κ3) is 19.8. The summed E-state index contributed by atoms with van der Waals surface area (Å²) in [6, 6.07) is 0. The molecule has 0 radical (unpaired) electrons. The van der Waals surface area contributed by atoms with Crippen molar-refractivity contribution < 1.29 is 14.2 Å². The first-order valence-electron chi connectivity index (χ1n) is 26.8. The molecule has 0 N–H and O–H groups in total. The molecule has 3 aliphatic carbocycles. The van der Waals surface area contributed by atoms with Gasteiger partial charge in [0.05, 0.1) is 18.8 Å². The molecular formula is C56H101NO3. The maximum absolute atomic E-state index is 6.69. The van der Waals surface area contributed by atoms with Gasteiger partial charge in [0.1, 0.15) is 0 Å². The highest BCUT2D eigenvalue weighted by Crippen LogP contribution is 2.62. The molecule has 0 amide bonds. The molecule has 0 aromatic heterocycles. The van der Waals surface area contributed by atoms with Gasteiger partial charge < -0.3 is 19.1 Å². The quantitative estimate of drug-likeness (QED) is 0.0555. The van der Waals surface area contributed by atoms with Gasteiger partial charge in [-0.3, -0.25) is 0 Å². The summed E-state index contributed by atoms with van der Waals surface area (Å²) in [4.78, 5) is 2.61. The number of fused-ring (bicyclic) bond motifs is 3. The van der Waals surface area contributed by atoms with E-state index < -0.39 is 0 Å². The smallest absolute Gasteiger partial charge is 0.0934 e. The zero-order valence-corrected chi connectivity index (χ0v) is 40.9. The summed E-state index contributed by atoms with van der Waals surface area (Å²) in [5, 5.41) is 0. The van der Waals surface area contributed by atoms with E-state index in [-0.39, 0.29) is 6.10 Å². The molecule has 1 aliphatic heterocycles. The van der Waals surface area contributed by atoms with E-state index in [4.69, 9.17) is 14.2 Å². The van der Waals surface area contributed by atoms with Crippen molar-refractivity contribution in [1.29, 1.82) is 0 Å². The summed E-state index contributed by atoms with van der Waals surface area (Å²) in [5.74, 6) is 5.50. The Kier molecular flexibility index (Phi) is 26.7. The molecule has 0 aromatic rings. The Balaban J connectivity index is 1.10. The number of nitrogens with zero attached hydrogens (tertiary/aromatic N) is 1. The van der Waals surface area contributed by atoms with Gasteiger partial charge in [-0.2, -0.15) is 0 Å². The Hall–Kier alpha value is -0.940. The van der Waals surface area contributed by atoms with Gasteiger partial charge in [0.2, 0.25) is 0 Å². The summed E-state index contributed by atoms with van der Waals surface area (Å²) >= 11 is 0. The van der Waals surface area contributed by atoms with E-state index in [0.29, 0.717) is 11.5 Å². The summed E-state index contributed by atoms with van der Waals surface area (Å²) in [6.45, 7) is 21.5. The Morgan fingerprint density at radius 2 is 1.50 bits per heavy atom. The standard InChI is InChI=1S/C56H101NO3/c1-7-8-9-10-11-12-13-14-15-16-17-18-19-23-41-58-46-52(45-57-39-21-20-22-40-57)60-43-25-24-42-59-51-33-28-32-50-37-38-56(6)54(49(5)31-26-29-47(2)3)35-36-55(56)53(50)34-27-30-48(4)44-51/h11-12,14-15,30,47,49-55H,7-10,13,16-29,31-46H2,1-6H3/b12-11-,15-14-,48-30+/t49-,50?,51?,52+,53?,54-,55?,56-/m1/s1. The number of rotatable bonds is 29. The van der Waals surface area contributed by atoms with E-state index in [1.165, 1.54) is 161 Å². The van der Waals surface area contributed by atoms with Crippen molar-refractivity contribution in [3.05, 3.63) is 36.0 Å². The zero-order chi connectivity index (χ0) is 42.7. The van der Waals surface area contributed by atoms with Crippen molar-refractivity contribution in [2.24, 2.45) is 40.9 Å². The van der Waals surface area contributed by atoms with Gasteiger partial charge in [-0.15, -0.1) is 0 Å². The van der Waals surface area contributed by atoms with Gasteiger partial charge in [0.25, 0.3) is 0 Å². The second-order valence-electron chi connectivity index (χ2n) is 21.3. The minimum absolute atomic E-state index is 0.180. The van der Waals surface area contributed by atoms with Crippen LogP contribution in [0.25, 0.3) is 0 Å².